The zero-order valence-electron chi connectivity index (χ0n) is 8.25. The molecule has 0 spiro atoms. The number of halogens is 1. The second-order valence-corrected chi connectivity index (χ2v) is 4.61. The Bertz CT molecular complexity index is 294. The molecule has 0 saturated heterocycles. The van der Waals surface area contributed by atoms with Crippen molar-refractivity contribution in [3.05, 3.63) is 34.9 Å². The van der Waals surface area contributed by atoms with Crippen LogP contribution in [0.2, 0.25) is 5.02 Å². The molecule has 0 aromatic heterocycles. The first-order valence-electron chi connectivity index (χ1n) is 5.27. The van der Waals surface area contributed by atoms with Gasteiger partial charge in [-0.3, -0.25) is 0 Å². The van der Waals surface area contributed by atoms with Crippen LogP contribution in [0.1, 0.15) is 37.2 Å². The summed E-state index contributed by atoms with van der Waals surface area (Å²) in [6.07, 6.45) is 4.84. The van der Waals surface area contributed by atoms with E-state index in [2.05, 4.69) is 12.1 Å². The Labute approximate surface area is 90.3 Å². The van der Waals surface area contributed by atoms with Gasteiger partial charge >= 0.3 is 0 Å². The molecule has 2 heteroatoms. The van der Waals surface area contributed by atoms with Crippen LogP contribution >= 0.6 is 11.6 Å². The molecule has 2 N–H and O–H groups in total. The van der Waals surface area contributed by atoms with Gasteiger partial charge < -0.3 is 5.73 Å². The van der Waals surface area contributed by atoms with E-state index in [9.17, 15) is 0 Å². The molecule has 1 aliphatic rings. The maximum absolute atomic E-state index is 5.97. The lowest BCUT2D eigenvalue weighted by Crippen LogP contribution is -2.26. The fourth-order valence-corrected chi connectivity index (χ4v) is 2.39. The summed E-state index contributed by atoms with van der Waals surface area (Å²) in [6, 6.07) is 8.59. The van der Waals surface area contributed by atoms with Crippen molar-refractivity contribution in [3.63, 3.8) is 0 Å². The van der Waals surface area contributed by atoms with E-state index in [1.807, 2.05) is 12.1 Å². The van der Waals surface area contributed by atoms with Gasteiger partial charge in [0.25, 0.3) is 0 Å². The maximum atomic E-state index is 5.97. The monoisotopic (exact) mass is 209 g/mol. The van der Waals surface area contributed by atoms with Gasteiger partial charge in [-0.1, -0.05) is 30.2 Å². The van der Waals surface area contributed by atoms with Crippen molar-refractivity contribution in [1.29, 1.82) is 0 Å². The third kappa shape index (κ3) is 2.28. The van der Waals surface area contributed by atoms with Crippen LogP contribution < -0.4 is 5.73 Å². The lowest BCUT2D eigenvalue weighted by Gasteiger charge is -2.26. The van der Waals surface area contributed by atoms with Gasteiger partial charge in [-0.25, -0.2) is 0 Å². The Hall–Kier alpha value is -0.530. The van der Waals surface area contributed by atoms with E-state index < -0.39 is 0 Å². The summed E-state index contributed by atoms with van der Waals surface area (Å²) in [5.41, 5.74) is 7.36. The lowest BCUT2D eigenvalue weighted by atomic mass is 9.82. The van der Waals surface area contributed by atoms with Crippen LogP contribution in [-0.2, 0) is 0 Å². The zero-order valence-corrected chi connectivity index (χ0v) is 9.00. The number of benzene rings is 1. The molecule has 1 saturated carbocycles. The molecule has 0 bridgehead atoms. The summed E-state index contributed by atoms with van der Waals surface area (Å²) in [5.74, 6) is 0.649. The number of nitrogens with two attached hydrogens (primary N) is 1. The van der Waals surface area contributed by atoms with Gasteiger partial charge in [0, 0.05) is 11.1 Å². The summed E-state index contributed by atoms with van der Waals surface area (Å²) < 4.78 is 0. The van der Waals surface area contributed by atoms with Gasteiger partial charge in [-0.2, -0.15) is 0 Å². The lowest BCUT2D eigenvalue weighted by molar-refractivity contribution is 0.393. The summed E-state index contributed by atoms with van der Waals surface area (Å²) in [4.78, 5) is 0. The molecule has 14 heavy (non-hydrogen) atoms. The van der Waals surface area contributed by atoms with Gasteiger partial charge in [-0.05, 0) is 42.9 Å². The van der Waals surface area contributed by atoms with Crippen LogP contribution in [0.3, 0.4) is 0 Å². The number of rotatable bonds is 1. The smallest absolute Gasteiger partial charge is 0.0406 e. The van der Waals surface area contributed by atoms with E-state index in [1.165, 1.54) is 24.8 Å². The maximum Gasteiger partial charge on any atom is 0.0406 e. The van der Waals surface area contributed by atoms with E-state index in [-0.39, 0.29) is 0 Å². The highest BCUT2D eigenvalue weighted by Crippen LogP contribution is 2.32. The Morgan fingerprint density at radius 1 is 1.14 bits per heavy atom. The number of hydrogen-bond donors (Lipinski definition) is 1. The molecular formula is C12H16ClN. The van der Waals surface area contributed by atoms with Crippen LogP contribution in [0.5, 0.6) is 0 Å². The quantitative estimate of drug-likeness (QED) is 0.755. The predicted molar refractivity (Wildman–Crippen MR) is 60.6 cm³/mol. The van der Waals surface area contributed by atoms with Crippen LogP contribution in [-0.4, -0.2) is 6.04 Å². The molecule has 1 nitrogen and oxygen atoms in total. The first-order valence-corrected chi connectivity index (χ1v) is 5.64. The molecule has 1 fully saturated rings. The second-order valence-electron chi connectivity index (χ2n) is 4.18. The molecular weight excluding hydrogens is 194 g/mol. The van der Waals surface area contributed by atoms with E-state index in [0.717, 1.165) is 11.4 Å². The Kier molecular flexibility index (Phi) is 3.09. The van der Waals surface area contributed by atoms with Crippen molar-refractivity contribution in [2.24, 2.45) is 5.73 Å². The summed E-state index contributed by atoms with van der Waals surface area (Å²) in [5, 5.41) is 0.814. The van der Waals surface area contributed by atoms with Gasteiger partial charge in [0.15, 0.2) is 0 Å². The molecule has 0 heterocycles. The van der Waals surface area contributed by atoms with Crippen molar-refractivity contribution in [1.82, 2.24) is 0 Å². The molecule has 0 aliphatic heterocycles. The summed E-state index contributed by atoms with van der Waals surface area (Å²) in [7, 11) is 0. The molecule has 1 aromatic carbocycles. The zero-order chi connectivity index (χ0) is 9.97. The van der Waals surface area contributed by atoms with Crippen LogP contribution in [0, 0.1) is 0 Å². The van der Waals surface area contributed by atoms with Gasteiger partial charge in [-0.15, -0.1) is 0 Å². The molecule has 0 radical (unpaired) electrons. The minimum absolute atomic E-state index is 0.393. The predicted octanol–water partition coefficient (Wildman–Crippen LogP) is 3.32. The van der Waals surface area contributed by atoms with E-state index in [1.54, 1.807) is 0 Å². The third-order valence-corrected chi connectivity index (χ3v) is 3.31. The molecule has 76 valence electrons. The second kappa shape index (κ2) is 4.33. The van der Waals surface area contributed by atoms with Gasteiger partial charge in [0.05, 0.1) is 0 Å². The van der Waals surface area contributed by atoms with E-state index in [4.69, 9.17) is 17.3 Å². The molecule has 1 aliphatic carbocycles. The summed E-state index contributed by atoms with van der Waals surface area (Å²) in [6.45, 7) is 0. The fourth-order valence-electron chi connectivity index (χ4n) is 2.27. The normalized spacial score (nSPS) is 27.6. The number of hydrogen-bond acceptors (Lipinski definition) is 1. The van der Waals surface area contributed by atoms with E-state index >= 15 is 0 Å². The SMILES string of the molecule is N[C@@H]1CCC[C@H](c2ccc(Cl)cc2)C1. The van der Waals surface area contributed by atoms with Gasteiger partial charge in [0.1, 0.15) is 0 Å². The average Bonchev–Trinajstić information content (AvgIpc) is 2.19. The van der Waals surface area contributed by atoms with Crippen molar-refractivity contribution >= 4 is 11.6 Å². The van der Waals surface area contributed by atoms with Crippen LogP contribution in [0.15, 0.2) is 24.3 Å². The molecule has 2 rings (SSSR count). The molecule has 0 unspecified atom stereocenters. The fraction of sp³-hybridized carbons (Fsp3) is 0.500. The molecule has 0 amide bonds. The minimum Gasteiger partial charge on any atom is -0.328 e. The molecule has 2 atom stereocenters. The third-order valence-electron chi connectivity index (χ3n) is 3.06. The Morgan fingerprint density at radius 2 is 1.86 bits per heavy atom. The van der Waals surface area contributed by atoms with Crippen molar-refractivity contribution in [2.75, 3.05) is 0 Å². The largest absolute Gasteiger partial charge is 0.328 e. The summed E-state index contributed by atoms with van der Waals surface area (Å²) >= 11 is 5.85. The topological polar surface area (TPSA) is 26.0 Å². The van der Waals surface area contributed by atoms with Crippen molar-refractivity contribution in [3.8, 4) is 0 Å². The highest BCUT2D eigenvalue weighted by Gasteiger charge is 2.20. The highest BCUT2D eigenvalue weighted by molar-refractivity contribution is 6.30. The minimum atomic E-state index is 0.393. The Morgan fingerprint density at radius 3 is 2.50 bits per heavy atom. The average molecular weight is 210 g/mol. The van der Waals surface area contributed by atoms with Crippen LogP contribution in [0.25, 0.3) is 0 Å². The molecule has 1 aromatic rings. The first kappa shape index (κ1) is 10.0. The van der Waals surface area contributed by atoms with Gasteiger partial charge in [0.2, 0.25) is 0 Å². The highest BCUT2D eigenvalue weighted by atomic mass is 35.5. The Balaban J connectivity index is 2.10. The first-order chi connectivity index (χ1) is 6.75. The van der Waals surface area contributed by atoms with Crippen molar-refractivity contribution in [2.45, 2.75) is 37.6 Å². The van der Waals surface area contributed by atoms with E-state index in [0.29, 0.717) is 12.0 Å². The van der Waals surface area contributed by atoms with Crippen LogP contribution in [0.4, 0.5) is 0 Å². The standard InChI is InChI=1S/C12H16ClN/c13-11-6-4-9(5-7-11)10-2-1-3-12(14)8-10/h4-7,10,12H,1-3,8,14H2/t10-,12+/m0/s1. The van der Waals surface area contributed by atoms with Crippen molar-refractivity contribution < 1.29 is 0 Å².